The molecule has 3 nitrogen and oxygen atoms in total. The highest BCUT2D eigenvalue weighted by molar-refractivity contribution is 7.78. The van der Waals surface area contributed by atoms with E-state index < -0.39 is 7.14 Å². The van der Waals surface area contributed by atoms with Crippen LogP contribution in [0.3, 0.4) is 0 Å². The molecule has 148 valence electrons. The van der Waals surface area contributed by atoms with Crippen molar-refractivity contribution in [1.82, 2.24) is 0 Å². The molecule has 1 atom stereocenters. The molecule has 0 saturated heterocycles. The molecule has 0 aromatic heterocycles. The number of rotatable bonds is 9. The van der Waals surface area contributed by atoms with Gasteiger partial charge in [0.15, 0.2) is 0 Å². The molecule has 0 radical (unpaired) electrons. The van der Waals surface area contributed by atoms with Gasteiger partial charge in [-0.1, -0.05) is 84.9 Å². The summed E-state index contributed by atoms with van der Waals surface area (Å²) in [6.07, 6.45) is 2.82. The Morgan fingerprint density at radius 1 is 0.862 bits per heavy atom. The van der Waals surface area contributed by atoms with Crippen molar-refractivity contribution in [2.24, 2.45) is 5.92 Å². The van der Waals surface area contributed by atoms with Gasteiger partial charge in [-0.05, 0) is 18.6 Å². The number of esters is 1. The SMILES string of the molecule is C=CCC(COC(=O)c1ccccc1)CP(=O)(c1ccccc1)c1ccccc1. The maximum absolute atomic E-state index is 14.2. The fourth-order valence-electron chi connectivity index (χ4n) is 3.34. The van der Waals surface area contributed by atoms with E-state index >= 15 is 0 Å². The van der Waals surface area contributed by atoms with E-state index in [0.717, 1.165) is 10.6 Å². The van der Waals surface area contributed by atoms with Crippen LogP contribution in [0.5, 0.6) is 0 Å². The van der Waals surface area contributed by atoms with E-state index in [1.54, 1.807) is 30.3 Å². The number of ether oxygens (including phenoxy) is 1. The minimum Gasteiger partial charge on any atom is -0.462 e. The van der Waals surface area contributed by atoms with Gasteiger partial charge in [0, 0.05) is 22.7 Å². The molecule has 29 heavy (non-hydrogen) atoms. The molecular formula is C25H25O3P. The first-order chi connectivity index (χ1) is 14.1. The highest BCUT2D eigenvalue weighted by Gasteiger charge is 2.31. The molecule has 3 rings (SSSR count). The van der Waals surface area contributed by atoms with Gasteiger partial charge in [0.05, 0.1) is 12.2 Å². The summed E-state index contributed by atoms with van der Waals surface area (Å²) in [5.74, 6) is -0.458. The minimum atomic E-state index is -2.88. The van der Waals surface area contributed by atoms with E-state index in [4.69, 9.17) is 4.74 Å². The van der Waals surface area contributed by atoms with Gasteiger partial charge in [0.25, 0.3) is 0 Å². The quantitative estimate of drug-likeness (QED) is 0.285. The number of benzene rings is 3. The highest BCUT2D eigenvalue weighted by atomic mass is 31.2. The largest absolute Gasteiger partial charge is 0.462 e. The van der Waals surface area contributed by atoms with Crippen molar-refractivity contribution >= 4 is 23.7 Å². The first-order valence-corrected chi connectivity index (χ1v) is 11.6. The second-order valence-corrected chi connectivity index (χ2v) is 9.83. The summed E-state index contributed by atoms with van der Waals surface area (Å²) < 4.78 is 19.8. The van der Waals surface area contributed by atoms with Crippen LogP contribution in [0.1, 0.15) is 16.8 Å². The lowest BCUT2D eigenvalue weighted by Gasteiger charge is -2.24. The lowest BCUT2D eigenvalue weighted by atomic mass is 10.1. The zero-order valence-corrected chi connectivity index (χ0v) is 17.2. The fourth-order valence-corrected chi connectivity index (χ4v) is 6.35. The Bertz CT molecular complexity index is 925. The Morgan fingerprint density at radius 3 is 1.83 bits per heavy atom. The summed E-state index contributed by atoms with van der Waals surface area (Å²) in [6.45, 7) is 4.03. The van der Waals surface area contributed by atoms with E-state index in [2.05, 4.69) is 6.58 Å². The van der Waals surface area contributed by atoms with E-state index in [1.165, 1.54) is 0 Å². The van der Waals surface area contributed by atoms with Crippen molar-refractivity contribution in [1.29, 1.82) is 0 Å². The Kier molecular flexibility index (Phi) is 7.21. The molecule has 0 N–H and O–H groups in total. The number of carbonyl (C=O) groups is 1. The van der Waals surface area contributed by atoms with Crippen LogP contribution in [0.15, 0.2) is 104 Å². The Hall–Kier alpha value is -2.90. The van der Waals surface area contributed by atoms with Crippen molar-refractivity contribution < 1.29 is 14.1 Å². The van der Waals surface area contributed by atoms with Gasteiger partial charge < -0.3 is 9.30 Å². The van der Waals surface area contributed by atoms with E-state index in [9.17, 15) is 9.36 Å². The molecule has 3 aromatic rings. The average Bonchev–Trinajstić information content (AvgIpc) is 2.79. The fraction of sp³-hybridized carbons (Fsp3) is 0.160. The number of hydrogen-bond donors (Lipinski definition) is 0. The molecule has 0 aliphatic heterocycles. The van der Waals surface area contributed by atoms with Gasteiger partial charge in [0.2, 0.25) is 0 Å². The van der Waals surface area contributed by atoms with Gasteiger partial charge in [0.1, 0.15) is 7.14 Å². The van der Waals surface area contributed by atoms with Crippen molar-refractivity contribution in [3.05, 3.63) is 109 Å². The van der Waals surface area contributed by atoms with Crippen LogP contribution in [0, 0.1) is 5.92 Å². The molecule has 3 aromatic carbocycles. The minimum absolute atomic E-state index is 0.0913. The molecule has 4 heteroatoms. The Balaban J connectivity index is 1.83. The molecular weight excluding hydrogens is 379 g/mol. The molecule has 0 aliphatic rings. The molecule has 0 fully saturated rings. The first kappa shape index (κ1) is 20.8. The van der Waals surface area contributed by atoms with Crippen LogP contribution >= 0.6 is 7.14 Å². The molecule has 0 saturated carbocycles. The molecule has 0 amide bonds. The predicted molar refractivity (Wildman–Crippen MR) is 120 cm³/mol. The first-order valence-electron chi connectivity index (χ1n) is 9.67. The normalized spacial score (nSPS) is 12.1. The summed E-state index contributed by atoms with van der Waals surface area (Å²) in [4.78, 5) is 12.3. The van der Waals surface area contributed by atoms with E-state index in [1.807, 2.05) is 66.7 Å². The van der Waals surface area contributed by atoms with Gasteiger partial charge in [-0.15, -0.1) is 6.58 Å². The Labute approximate surface area is 172 Å². The second kappa shape index (κ2) is 10.0. The van der Waals surface area contributed by atoms with Crippen LogP contribution in [-0.2, 0) is 9.30 Å². The second-order valence-electron chi connectivity index (χ2n) is 6.95. The predicted octanol–water partition coefficient (Wildman–Crippen LogP) is 5.05. The summed E-state index contributed by atoms with van der Waals surface area (Å²) in [7, 11) is -2.88. The van der Waals surface area contributed by atoms with Crippen LogP contribution in [0.4, 0.5) is 0 Å². The third-order valence-electron chi connectivity index (χ3n) is 4.82. The maximum Gasteiger partial charge on any atom is 0.338 e. The molecule has 0 aliphatic carbocycles. The molecule has 0 bridgehead atoms. The molecule has 0 heterocycles. The van der Waals surface area contributed by atoms with Gasteiger partial charge in [-0.25, -0.2) is 4.79 Å². The van der Waals surface area contributed by atoms with Crippen molar-refractivity contribution in [2.75, 3.05) is 12.8 Å². The van der Waals surface area contributed by atoms with Crippen LogP contribution < -0.4 is 10.6 Å². The van der Waals surface area contributed by atoms with Crippen molar-refractivity contribution in [3.8, 4) is 0 Å². The maximum atomic E-state index is 14.2. The number of hydrogen-bond acceptors (Lipinski definition) is 3. The van der Waals surface area contributed by atoms with Crippen molar-refractivity contribution in [3.63, 3.8) is 0 Å². The lowest BCUT2D eigenvalue weighted by molar-refractivity contribution is 0.0452. The van der Waals surface area contributed by atoms with E-state index in [-0.39, 0.29) is 18.5 Å². The smallest absolute Gasteiger partial charge is 0.338 e. The molecule has 1 unspecified atom stereocenters. The zero-order chi connectivity index (χ0) is 20.5. The van der Waals surface area contributed by atoms with Crippen LogP contribution in [0.2, 0.25) is 0 Å². The third-order valence-corrected chi connectivity index (χ3v) is 8.12. The van der Waals surface area contributed by atoms with Crippen LogP contribution in [0.25, 0.3) is 0 Å². The van der Waals surface area contributed by atoms with Crippen LogP contribution in [-0.4, -0.2) is 18.7 Å². The monoisotopic (exact) mass is 404 g/mol. The Morgan fingerprint density at radius 2 is 1.34 bits per heavy atom. The van der Waals surface area contributed by atoms with Gasteiger partial charge in [-0.2, -0.15) is 0 Å². The summed E-state index contributed by atoms with van der Waals surface area (Å²) in [5, 5.41) is 1.63. The molecule has 0 spiro atoms. The topological polar surface area (TPSA) is 43.4 Å². The number of allylic oxidation sites excluding steroid dienone is 1. The number of carbonyl (C=O) groups excluding carboxylic acids is 1. The summed E-state index contributed by atoms with van der Waals surface area (Å²) in [6, 6.07) is 28.0. The van der Waals surface area contributed by atoms with Gasteiger partial charge >= 0.3 is 5.97 Å². The lowest BCUT2D eigenvalue weighted by Crippen LogP contribution is -2.25. The highest BCUT2D eigenvalue weighted by Crippen LogP contribution is 2.45. The van der Waals surface area contributed by atoms with E-state index in [0.29, 0.717) is 18.1 Å². The average molecular weight is 404 g/mol. The summed E-state index contributed by atoms with van der Waals surface area (Å²) in [5.41, 5.74) is 0.513. The van der Waals surface area contributed by atoms with Gasteiger partial charge in [-0.3, -0.25) is 0 Å². The zero-order valence-electron chi connectivity index (χ0n) is 16.3. The summed E-state index contributed by atoms with van der Waals surface area (Å²) >= 11 is 0. The standard InChI is InChI=1S/C25H25O3P/c1-2-12-21(19-28-25(26)22-13-6-3-7-14-22)20-29(27,23-15-8-4-9-16-23)24-17-10-5-11-18-24/h2-11,13-18,21H,1,12,19-20H2. The third kappa shape index (κ3) is 5.34. The van der Waals surface area contributed by atoms with Crippen molar-refractivity contribution in [2.45, 2.75) is 6.42 Å².